The second-order valence-electron chi connectivity index (χ2n) is 7.22. The molecule has 1 aliphatic rings. The van der Waals surface area contributed by atoms with Gasteiger partial charge >= 0.3 is 0 Å². The van der Waals surface area contributed by atoms with Crippen molar-refractivity contribution in [3.8, 4) is 0 Å². The fourth-order valence-corrected chi connectivity index (χ4v) is 3.81. The predicted octanol–water partition coefficient (Wildman–Crippen LogP) is 3.31. The molecule has 3 N–H and O–H groups in total. The Morgan fingerprint density at radius 3 is 2.44 bits per heavy atom. The highest BCUT2D eigenvalue weighted by Gasteiger charge is 2.32. The predicted molar refractivity (Wildman–Crippen MR) is 99.0 cm³/mol. The van der Waals surface area contributed by atoms with E-state index in [2.05, 4.69) is 41.4 Å². The van der Waals surface area contributed by atoms with Crippen LogP contribution in [0.25, 0.3) is 0 Å². The maximum absolute atomic E-state index is 13.3. The van der Waals surface area contributed by atoms with Crippen LogP contribution in [0.5, 0.6) is 0 Å². The summed E-state index contributed by atoms with van der Waals surface area (Å²) >= 11 is 0. The van der Waals surface area contributed by atoms with E-state index in [-0.39, 0.29) is 11.9 Å². The maximum Gasteiger partial charge on any atom is 0.244 e. The minimum absolute atomic E-state index is 0.0000694. The highest BCUT2D eigenvalue weighted by Crippen LogP contribution is 2.28. The van der Waals surface area contributed by atoms with Gasteiger partial charge in [0.2, 0.25) is 5.91 Å². The molecule has 0 saturated heterocycles. The van der Waals surface area contributed by atoms with Gasteiger partial charge in [-0.05, 0) is 39.2 Å². The van der Waals surface area contributed by atoms with Crippen molar-refractivity contribution in [3.05, 3.63) is 52.3 Å². The molecule has 1 saturated carbocycles. The van der Waals surface area contributed by atoms with Crippen molar-refractivity contribution in [3.63, 3.8) is 0 Å². The standard InChI is InChI=1S/C20H28N4O/c1-13-8-10-16(11-9-13)12-24(17-6-4-5-7-17)20(25)19(21)18-14(2)22-23-15(18)3/h8-11,17,19H,4-7,12,21H2,1-3H3,(H,22,23). The molecule has 25 heavy (non-hydrogen) atoms. The molecular weight excluding hydrogens is 312 g/mol. The first-order valence-electron chi connectivity index (χ1n) is 9.10. The minimum Gasteiger partial charge on any atom is -0.334 e. The zero-order valence-electron chi connectivity index (χ0n) is 15.4. The monoisotopic (exact) mass is 340 g/mol. The van der Waals surface area contributed by atoms with E-state index in [1.807, 2.05) is 18.7 Å². The van der Waals surface area contributed by atoms with Gasteiger partial charge in [0.05, 0.1) is 5.69 Å². The Hall–Kier alpha value is -2.14. The molecule has 2 aromatic rings. The molecule has 134 valence electrons. The lowest BCUT2D eigenvalue weighted by Crippen LogP contribution is -2.43. The van der Waals surface area contributed by atoms with Crippen molar-refractivity contribution in [2.75, 3.05) is 0 Å². The first-order chi connectivity index (χ1) is 12.0. The number of nitrogens with zero attached hydrogens (tertiary/aromatic N) is 2. The van der Waals surface area contributed by atoms with Gasteiger partial charge in [-0.25, -0.2) is 0 Å². The number of hydrogen-bond acceptors (Lipinski definition) is 3. The van der Waals surface area contributed by atoms with Gasteiger partial charge in [0.25, 0.3) is 0 Å². The van der Waals surface area contributed by atoms with Crippen LogP contribution in [0.3, 0.4) is 0 Å². The molecule has 5 heteroatoms. The third-order valence-electron chi connectivity index (χ3n) is 5.28. The van der Waals surface area contributed by atoms with Crippen LogP contribution >= 0.6 is 0 Å². The lowest BCUT2D eigenvalue weighted by Gasteiger charge is -2.31. The number of rotatable bonds is 5. The van der Waals surface area contributed by atoms with Gasteiger partial charge in [-0.1, -0.05) is 42.7 Å². The lowest BCUT2D eigenvalue weighted by molar-refractivity contribution is -0.135. The summed E-state index contributed by atoms with van der Waals surface area (Å²) in [6.07, 6.45) is 4.49. The van der Waals surface area contributed by atoms with E-state index >= 15 is 0 Å². The van der Waals surface area contributed by atoms with E-state index in [4.69, 9.17) is 5.73 Å². The summed E-state index contributed by atoms with van der Waals surface area (Å²) in [5, 5.41) is 7.13. The van der Waals surface area contributed by atoms with Crippen molar-refractivity contribution in [2.45, 2.75) is 65.1 Å². The second-order valence-corrected chi connectivity index (χ2v) is 7.22. The van der Waals surface area contributed by atoms with Crippen molar-refractivity contribution >= 4 is 5.91 Å². The molecule has 1 aromatic carbocycles. The van der Waals surface area contributed by atoms with Crippen molar-refractivity contribution < 1.29 is 4.79 Å². The highest BCUT2D eigenvalue weighted by molar-refractivity contribution is 5.84. The van der Waals surface area contributed by atoms with E-state index in [0.29, 0.717) is 6.54 Å². The van der Waals surface area contributed by atoms with E-state index in [0.717, 1.165) is 35.4 Å². The quantitative estimate of drug-likeness (QED) is 0.877. The number of carbonyl (C=O) groups excluding carboxylic acids is 1. The van der Waals surface area contributed by atoms with Crippen LogP contribution in [0.15, 0.2) is 24.3 Å². The molecule has 0 aliphatic heterocycles. The Balaban J connectivity index is 1.85. The first kappa shape index (κ1) is 17.7. The first-order valence-corrected chi connectivity index (χ1v) is 9.10. The number of nitrogens with one attached hydrogen (secondary N) is 1. The highest BCUT2D eigenvalue weighted by atomic mass is 16.2. The summed E-state index contributed by atoms with van der Waals surface area (Å²) in [6, 6.07) is 8.01. The topological polar surface area (TPSA) is 75.0 Å². The molecule has 1 amide bonds. The van der Waals surface area contributed by atoms with Gasteiger partial charge in [-0.3, -0.25) is 9.89 Å². The number of aromatic nitrogens is 2. The number of aromatic amines is 1. The molecule has 1 fully saturated rings. The van der Waals surface area contributed by atoms with Crippen molar-refractivity contribution in [1.82, 2.24) is 15.1 Å². The molecule has 1 atom stereocenters. The fraction of sp³-hybridized carbons (Fsp3) is 0.500. The summed E-state index contributed by atoms with van der Waals surface area (Å²) in [6.45, 7) is 6.51. The van der Waals surface area contributed by atoms with Crippen LogP contribution in [-0.4, -0.2) is 27.0 Å². The van der Waals surface area contributed by atoms with Crippen LogP contribution < -0.4 is 5.73 Å². The molecule has 1 heterocycles. The molecule has 0 bridgehead atoms. The molecule has 3 rings (SSSR count). The molecule has 0 spiro atoms. The number of hydrogen-bond donors (Lipinski definition) is 2. The summed E-state index contributed by atoms with van der Waals surface area (Å²) in [5.41, 5.74) is 11.3. The zero-order chi connectivity index (χ0) is 18.0. The summed E-state index contributed by atoms with van der Waals surface area (Å²) in [5.74, 6) is 0.0000694. The molecule has 1 aliphatic carbocycles. The molecule has 1 aromatic heterocycles. The van der Waals surface area contributed by atoms with Crippen LogP contribution in [0.4, 0.5) is 0 Å². The number of benzene rings is 1. The Bertz CT molecular complexity index is 709. The lowest BCUT2D eigenvalue weighted by atomic mass is 10.0. The summed E-state index contributed by atoms with van der Waals surface area (Å²) in [4.78, 5) is 15.3. The summed E-state index contributed by atoms with van der Waals surface area (Å²) in [7, 11) is 0. The second kappa shape index (κ2) is 7.40. The van der Waals surface area contributed by atoms with Gasteiger partial charge in [-0.2, -0.15) is 5.10 Å². The Morgan fingerprint density at radius 1 is 1.24 bits per heavy atom. The van der Waals surface area contributed by atoms with E-state index in [9.17, 15) is 4.79 Å². The third-order valence-corrected chi connectivity index (χ3v) is 5.28. The molecule has 0 radical (unpaired) electrons. The van der Waals surface area contributed by atoms with Crippen LogP contribution in [-0.2, 0) is 11.3 Å². The smallest absolute Gasteiger partial charge is 0.244 e. The third kappa shape index (κ3) is 3.76. The maximum atomic E-state index is 13.3. The number of carbonyl (C=O) groups is 1. The van der Waals surface area contributed by atoms with Crippen LogP contribution in [0.1, 0.15) is 59.8 Å². The van der Waals surface area contributed by atoms with Gasteiger partial charge in [0.15, 0.2) is 0 Å². The molecule has 5 nitrogen and oxygen atoms in total. The average molecular weight is 340 g/mol. The van der Waals surface area contributed by atoms with E-state index < -0.39 is 6.04 Å². The SMILES string of the molecule is Cc1ccc(CN(C(=O)C(N)c2c(C)n[nH]c2C)C2CCCC2)cc1. The Morgan fingerprint density at radius 2 is 1.88 bits per heavy atom. The van der Waals surface area contributed by atoms with Gasteiger partial charge < -0.3 is 10.6 Å². The molecular formula is C20H28N4O. The zero-order valence-corrected chi connectivity index (χ0v) is 15.4. The number of H-pyrrole nitrogens is 1. The van der Waals surface area contributed by atoms with E-state index in [1.54, 1.807) is 0 Å². The Kier molecular flexibility index (Phi) is 5.23. The van der Waals surface area contributed by atoms with E-state index in [1.165, 1.54) is 18.4 Å². The fourth-order valence-electron chi connectivity index (χ4n) is 3.81. The van der Waals surface area contributed by atoms with Crippen molar-refractivity contribution in [1.29, 1.82) is 0 Å². The van der Waals surface area contributed by atoms with Crippen LogP contribution in [0.2, 0.25) is 0 Å². The average Bonchev–Trinajstić information content (AvgIpc) is 3.23. The molecule has 1 unspecified atom stereocenters. The van der Waals surface area contributed by atoms with Gasteiger partial charge in [-0.15, -0.1) is 0 Å². The number of aryl methyl sites for hydroxylation is 3. The summed E-state index contributed by atoms with van der Waals surface area (Å²) < 4.78 is 0. The van der Waals surface area contributed by atoms with Crippen LogP contribution in [0, 0.1) is 20.8 Å². The number of amides is 1. The Labute approximate surface area is 149 Å². The number of nitrogens with two attached hydrogens (primary N) is 1. The normalized spacial score (nSPS) is 16.2. The largest absolute Gasteiger partial charge is 0.334 e. The van der Waals surface area contributed by atoms with Crippen molar-refractivity contribution in [2.24, 2.45) is 5.73 Å². The minimum atomic E-state index is -0.662. The van der Waals surface area contributed by atoms with Gasteiger partial charge in [0, 0.05) is 23.8 Å². The van der Waals surface area contributed by atoms with Gasteiger partial charge in [0.1, 0.15) is 6.04 Å².